The minimum atomic E-state index is -0.766. The van der Waals surface area contributed by atoms with Crippen LogP contribution in [0.2, 0.25) is 0 Å². The lowest BCUT2D eigenvalue weighted by molar-refractivity contribution is -0.157. The standard InChI is InChI=1S/C32H35N7O4/c1-2-15-37(32(43)33-17-23-7-4-3-5-8-23)38-21-29(41)39-27(16-22-11-13-26(40)14-12-22)31(42)36(20-28(38)39)19-25-10-6-9-24-18-34-35-30(24)25/h3-14,18,27-28,40H,2,15-17,19-21H2,1H3,(H,33,43)(H,34,35)/t27-,28+/m0/s1. The normalized spacial score (nSPS) is 18.7. The Balaban J connectivity index is 1.31. The molecule has 2 aliphatic heterocycles. The van der Waals surface area contributed by atoms with Crippen molar-refractivity contribution in [1.82, 2.24) is 35.3 Å². The zero-order valence-electron chi connectivity index (χ0n) is 24.0. The minimum Gasteiger partial charge on any atom is -0.508 e. The van der Waals surface area contributed by atoms with Gasteiger partial charge in [0, 0.05) is 31.4 Å². The summed E-state index contributed by atoms with van der Waals surface area (Å²) >= 11 is 0. The first-order valence-electron chi connectivity index (χ1n) is 14.6. The molecule has 2 atom stereocenters. The lowest BCUT2D eigenvalue weighted by atomic mass is 9.99. The average molecular weight is 582 g/mol. The second-order valence-corrected chi connectivity index (χ2v) is 11.0. The van der Waals surface area contributed by atoms with Gasteiger partial charge in [-0.2, -0.15) is 10.1 Å². The molecule has 4 aromatic rings. The van der Waals surface area contributed by atoms with Crippen LogP contribution in [0.25, 0.3) is 10.9 Å². The molecular formula is C32H35N7O4. The molecule has 222 valence electrons. The van der Waals surface area contributed by atoms with Crippen LogP contribution in [0.3, 0.4) is 0 Å². The first-order valence-corrected chi connectivity index (χ1v) is 14.6. The molecule has 43 heavy (non-hydrogen) atoms. The SMILES string of the molecule is CCCN(C(=O)NCc1ccccc1)N1CC(=O)N2[C@@H](Cc3ccc(O)cc3)C(=O)N(Cc3cccc4cn[nH]c34)C[C@@H]21. The molecule has 2 fully saturated rings. The first kappa shape index (κ1) is 28.2. The number of hydrazine groups is 1. The summed E-state index contributed by atoms with van der Waals surface area (Å²) in [6.45, 7) is 3.33. The van der Waals surface area contributed by atoms with Gasteiger partial charge in [0.15, 0.2) is 0 Å². The molecule has 11 heteroatoms. The van der Waals surface area contributed by atoms with E-state index in [0.717, 1.165) is 27.6 Å². The smallest absolute Gasteiger partial charge is 0.332 e. The van der Waals surface area contributed by atoms with E-state index in [-0.39, 0.29) is 43.1 Å². The van der Waals surface area contributed by atoms with E-state index in [2.05, 4.69) is 15.5 Å². The van der Waals surface area contributed by atoms with Crippen LogP contribution >= 0.6 is 0 Å². The van der Waals surface area contributed by atoms with Gasteiger partial charge in [0.1, 0.15) is 18.0 Å². The van der Waals surface area contributed by atoms with Gasteiger partial charge in [0.2, 0.25) is 11.8 Å². The summed E-state index contributed by atoms with van der Waals surface area (Å²) < 4.78 is 0. The van der Waals surface area contributed by atoms with E-state index < -0.39 is 12.2 Å². The Labute approximate surface area is 249 Å². The number of para-hydroxylation sites is 1. The topological polar surface area (TPSA) is 125 Å². The van der Waals surface area contributed by atoms with Crippen molar-refractivity contribution in [3.8, 4) is 5.75 Å². The maximum absolute atomic E-state index is 14.1. The number of fused-ring (bicyclic) bond motifs is 2. The summed E-state index contributed by atoms with van der Waals surface area (Å²) in [5, 5.41) is 24.4. The Kier molecular flexibility index (Phi) is 7.97. The van der Waals surface area contributed by atoms with E-state index >= 15 is 0 Å². The Bertz CT molecular complexity index is 1610. The Hall–Kier alpha value is -4.90. The number of H-pyrrole nitrogens is 1. The third kappa shape index (κ3) is 5.76. The van der Waals surface area contributed by atoms with Crippen LogP contribution in [0.4, 0.5) is 4.79 Å². The van der Waals surface area contributed by atoms with Crippen molar-refractivity contribution in [1.29, 1.82) is 0 Å². The summed E-state index contributed by atoms with van der Waals surface area (Å²) in [6.07, 6.45) is 2.20. The number of benzene rings is 3. The molecule has 0 radical (unpaired) electrons. The molecule has 1 aromatic heterocycles. The molecule has 4 amide bonds. The molecule has 2 saturated heterocycles. The number of aromatic nitrogens is 2. The number of hydrogen-bond donors (Lipinski definition) is 3. The third-order valence-corrected chi connectivity index (χ3v) is 8.12. The van der Waals surface area contributed by atoms with Gasteiger partial charge < -0.3 is 20.2 Å². The molecule has 11 nitrogen and oxygen atoms in total. The molecule has 3 heterocycles. The van der Waals surface area contributed by atoms with Gasteiger partial charge >= 0.3 is 6.03 Å². The van der Waals surface area contributed by atoms with Gasteiger partial charge in [-0.3, -0.25) is 19.7 Å². The Morgan fingerprint density at radius 3 is 2.60 bits per heavy atom. The number of nitrogens with zero attached hydrogens (tertiary/aromatic N) is 5. The van der Waals surface area contributed by atoms with Gasteiger partial charge in [-0.1, -0.05) is 67.6 Å². The lowest BCUT2D eigenvalue weighted by Gasteiger charge is -2.46. The van der Waals surface area contributed by atoms with E-state index in [0.29, 0.717) is 26.1 Å². The fourth-order valence-corrected chi connectivity index (χ4v) is 6.04. The average Bonchev–Trinajstić information content (AvgIpc) is 3.63. The number of phenolic OH excluding ortho intramolecular Hbond substituents is 1. The number of phenols is 1. The van der Waals surface area contributed by atoms with Gasteiger partial charge in [-0.15, -0.1) is 0 Å². The van der Waals surface area contributed by atoms with E-state index in [1.54, 1.807) is 45.3 Å². The molecule has 6 rings (SSSR count). The highest BCUT2D eigenvalue weighted by atomic mass is 16.3. The summed E-state index contributed by atoms with van der Waals surface area (Å²) in [5.74, 6) is -0.230. The zero-order chi connectivity index (χ0) is 29.9. The van der Waals surface area contributed by atoms with Crippen LogP contribution in [-0.4, -0.2) is 84.8 Å². The van der Waals surface area contributed by atoms with Crippen LogP contribution in [0.15, 0.2) is 79.0 Å². The van der Waals surface area contributed by atoms with Crippen molar-refractivity contribution in [2.24, 2.45) is 0 Å². The quantitative estimate of drug-likeness (QED) is 0.279. The molecule has 0 unspecified atom stereocenters. The summed E-state index contributed by atoms with van der Waals surface area (Å²) in [7, 11) is 0. The van der Waals surface area contributed by atoms with Gasteiger partial charge in [-0.05, 0) is 35.2 Å². The van der Waals surface area contributed by atoms with Crippen LogP contribution in [0.5, 0.6) is 5.75 Å². The van der Waals surface area contributed by atoms with Gasteiger partial charge in [-0.25, -0.2) is 4.79 Å². The van der Waals surface area contributed by atoms with Crippen molar-refractivity contribution in [2.75, 3.05) is 19.6 Å². The van der Waals surface area contributed by atoms with E-state index in [1.165, 1.54) is 0 Å². The van der Waals surface area contributed by atoms with Crippen LogP contribution in [0, 0.1) is 0 Å². The number of piperazine rings is 1. The molecule has 0 saturated carbocycles. The van der Waals surface area contributed by atoms with Crippen molar-refractivity contribution in [3.05, 3.63) is 95.7 Å². The molecule has 0 aliphatic carbocycles. The number of hydrogen-bond acceptors (Lipinski definition) is 6. The zero-order valence-corrected chi connectivity index (χ0v) is 24.0. The summed E-state index contributed by atoms with van der Waals surface area (Å²) in [4.78, 5) is 44.7. The number of aromatic amines is 1. The Morgan fingerprint density at radius 1 is 1.05 bits per heavy atom. The second kappa shape index (κ2) is 12.1. The number of aromatic hydroxyl groups is 1. The number of rotatable bonds is 9. The molecule has 2 aliphatic rings. The highest BCUT2D eigenvalue weighted by Gasteiger charge is 2.52. The van der Waals surface area contributed by atoms with Crippen molar-refractivity contribution >= 4 is 28.7 Å². The van der Waals surface area contributed by atoms with Gasteiger partial charge in [0.05, 0.1) is 24.8 Å². The predicted octanol–water partition coefficient (Wildman–Crippen LogP) is 3.23. The van der Waals surface area contributed by atoms with Crippen molar-refractivity contribution in [3.63, 3.8) is 0 Å². The van der Waals surface area contributed by atoms with E-state index in [1.807, 2.05) is 60.5 Å². The molecule has 3 N–H and O–H groups in total. The van der Waals surface area contributed by atoms with Crippen molar-refractivity contribution in [2.45, 2.75) is 45.1 Å². The number of urea groups is 1. The molecule has 3 aromatic carbocycles. The molecular weight excluding hydrogens is 546 g/mol. The monoisotopic (exact) mass is 581 g/mol. The Morgan fingerprint density at radius 2 is 1.84 bits per heavy atom. The van der Waals surface area contributed by atoms with Crippen LogP contribution in [0.1, 0.15) is 30.0 Å². The number of carbonyl (C=O) groups is 3. The van der Waals surface area contributed by atoms with E-state index in [9.17, 15) is 19.5 Å². The van der Waals surface area contributed by atoms with Crippen LogP contribution < -0.4 is 5.32 Å². The van der Waals surface area contributed by atoms with E-state index in [4.69, 9.17) is 0 Å². The minimum absolute atomic E-state index is 0.00719. The fraction of sp³-hybridized carbons (Fsp3) is 0.312. The lowest BCUT2D eigenvalue weighted by Crippen LogP contribution is -2.66. The second-order valence-electron chi connectivity index (χ2n) is 11.0. The molecule has 0 spiro atoms. The van der Waals surface area contributed by atoms with Crippen LogP contribution in [-0.2, 0) is 29.1 Å². The number of nitrogens with one attached hydrogen (secondary N) is 2. The van der Waals surface area contributed by atoms with Crippen molar-refractivity contribution < 1.29 is 19.5 Å². The number of carbonyl (C=O) groups excluding carboxylic acids is 3. The fourth-order valence-electron chi connectivity index (χ4n) is 6.04. The first-order chi connectivity index (χ1) is 20.9. The largest absolute Gasteiger partial charge is 0.508 e. The predicted molar refractivity (Wildman–Crippen MR) is 160 cm³/mol. The van der Waals surface area contributed by atoms with Gasteiger partial charge in [0.25, 0.3) is 0 Å². The molecule has 0 bridgehead atoms. The maximum atomic E-state index is 14.1. The maximum Gasteiger partial charge on any atom is 0.332 e. The highest BCUT2D eigenvalue weighted by molar-refractivity contribution is 5.92. The highest BCUT2D eigenvalue weighted by Crippen LogP contribution is 2.31. The third-order valence-electron chi connectivity index (χ3n) is 8.12. The summed E-state index contributed by atoms with van der Waals surface area (Å²) in [5.41, 5.74) is 3.58. The number of amides is 4. The summed E-state index contributed by atoms with van der Waals surface area (Å²) in [6, 6.07) is 21.2.